The molecule has 2 N–H and O–H groups in total. The highest BCUT2D eigenvalue weighted by Crippen LogP contribution is 2.27. The first kappa shape index (κ1) is 23.5. The van der Waals surface area contributed by atoms with Crippen LogP contribution in [0, 0.1) is 5.92 Å². The molecule has 1 heterocycles. The van der Waals surface area contributed by atoms with E-state index in [1.54, 1.807) is 12.1 Å². The van der Waals surface area contributed by atoms with Gasteiger partial charge in [0, 0.05) is 18.0 Å². The standard InChI is InChI=1S/C26H33N3O3/c1-5-20(6-2)29-23-13-12-19(25(30)28-22(26(31)32)14-17(3)4)16-21(23)27-24(29)15-18-10-8-7-9-11-18/h7-13,16-17,20,22H,5-6,14-15H2,1-4H3,(H,28,30)(H,31,32). The molecule has 0 saturated carbocycles. The number of fused-ring (bicyclic) bond motifs is 1. The molecule has 0 fully saturated rings. The second-order valence-electron chi connectivity index (χ2n) is 8.73. The number of rotatable bonds is 10. The Bertz CT molecular complexity index is 1070. The Balaban J connectivity index is 1.97. The number of imidazole rings is 1. The van der Waals surface area contributed by atoms with Crippen molar-refractivity contribution >= 4 is 22.9 Å². The smallest absolute Gasteiger partial charge is 0.326 e. The minimum absolute atomic E-state index is 0.162. The number of carboxylic acid groups (broad SMARTS) is 1. The summed E-state index contributed by atoms with van der Waals surface area (Å²) in [5.74, 6) is -0.270. The maximum Gasteiger partial charge on any atom is 0.326 e. The van der Waals surface area contributed by atoms with Gasteiger partial charge in [0.05, 0.1) is 11.0 Å². The molecule has 2 aromatic carbocycles. The van der Waals surface area contributed by atoms with Crippen LogP contribution in [0.15, 0.2) is 48.5 Å². The van der Waals surface area contributed by atoms with E-state index < -0.39 is 12.0 Å². The maximum atomic E-state index is 12.8. The van der Waals surface area contributed by atoms with Crippen LogP contribution in [0.2, 0.25) is 0 Å². The Labute approximate surface area is 189 Å². The van der Waals surface area contributed by atoms with Gasteiger partial charge in [-0.25, -0.2) is 9.78 Å². The maximum absolute atomic E-state index is 12.8. The summed E-state index contributed by atoms with van der Waals surface area (Å²) in [5.41, 5.74) is 3.36. The predicted molar refractivity (Wildman–Crippen MR) is 127 cm³/mol. The molecule has 0 aliphatic heterocycles. The van der Waals surface area contributed by atoms with Crippen LogP contribution >= 0.6 is 0 Å². The number of carbonyl (C=O) groups is 2. The number of hydrogen-bond donors (Lipinski definition) is 2. The van der Waals surface area contributed by atoms with Crippen LogP contribution in [-0.4, -0.2) is 32.6 Å². The molecule has 1 atom stereocenters. The van der Waals surface area contributed by atoms with Gasteiger partial charge in [-0.05, 0) is 48.9 Å². The third-order valence-corrected chi connectivity index (χ3v) is 5.85. The molecule has 3 rings (SSSR count). The van der Waals surface area contributed by atoms with Gasteiger partial charge in [-0.15, -0.1) is 0 Å². The normalized spacial score (nSPS) is 12.4. The summed E-state index contributed by atoms with van der Waals surface area (Å²) in [6, 6.07) is 15.1. The zero-order valence-electron chi connectivity index (χ0n) is 19.3. The third kappa shape index (κ3) is 5.36. The number of carboxylic acids is 1. The molecule has 0 aliphatic rings. The Morgan fingerprint density at radius 3 is 2.34 bits per heavy atom. The Kier molecular flexibility index (Phi) is 7.67. The number of carbonyl (C=O) groups excluding carboxylic acids is 1. The van der Waals surface area contributed by atoms with Gasteiger partial charge in [0.25, 0.3) is 5.91 Å². The molecule has 0 bridgehead atoms. The number of nitrogens with one attached hydrogen (secondary N) is 1. The van der Waals surface area contributed by atoms with Crippen molar-refractivity contribution in [2.45, 2.75) is 65.5 Å². The van der Waals surface area contributed by atoms with E-state index in [2.05, 4.69) is 35.9 Å². The number of amides is 1. The third-order valence-electron chi connectivity index (χ3n) is 5.85. The summed E-state index contributed by atoms with van der Waals surface area (Å²) >= 11 is 0. The summed E-state index contributed by atoms with van der Waals surface area (Å²) in [7, 11) is 0. The van der Waals surface area contributed by atoms with Crippen LogP contribution in [0.25, 0.3) is 11.0 Å². The zero-order valence-corrected chi connectivity index (χ0v) is 19.3. The van der Waals surface area contributed by atoms with Crippen molar-refractivity contribution in [2.75, 3.05) is 0 Å². The van der Waals surface area contributed by atoms with Gasteiger partial charge in [0.1, 0.15) is 11.9 Å². The lowest BCUT2D eigenvalue weighted by Gasteiger charge is -2.19. The van der Waals surface area contributed by atoms with Gasteiger partial charge in [0.2, 0.25) is 0 Å². The molecule has 0 aliphatic carbocycles. The van der Waals surface area contributed by atoms with Crippen LogP contribution < -0.4 is 5.32 Å². The Morgan fingerprint density at radius 1 is 1.06 bits per heavy atom. The molecule has 0 spiro atoms. The van der Waals surface area contributed by atoms with Crippen molar-refractivity contribution in [3.63, 3.8) is 0 Å². The number of aromatic nitrogens is 2. The van der Waals surface area contributed by atoms with Crippen molar-refractivity contribution < 1.29 is 14.7 Å². The Morgan fingerprint density at radius 2 is 1.75 bits per heavy atom. The van der Waals surface area contributed by atoms with E-state index in [9.17, 15) is 14.7 Å². The van der Waals surface area contributed by atoms with Gasteiger partial charge in [-0.2, -0.15) is 0 Å². The van der Waals surface area contributed by atoms with E-state index in [4.69, 9.17) is 4.98 Å². The van der Waals surface area contributed by atoms with Crippen LogP contribution in [0.3, 0.4) is 0 Å². The van der Waals surface area contributed by atoms with E-state index in [1.807, 2.05) is 38.1 Å². The molecule has 6 heteroatoms. The summed E-state index contributed by atoms with van der Waals surface area (Å²) in [4.78, 5) is 29.2. The second kappa shape index (κ2) is 10.4. The van der Waals surface area contributed by atoms with E-state index in [1.165, 1.54) is 5.56 Å². The first-order chi connectivity index (χ1) is 15.3. The fraction of sp³-hybridized carbons (Fsp3) is 0.423. The minimum atomic E-state index is -1.02. The molecular formula is C26H33N3O3. The van der Waals surface area contributed by atoms with Crippen LogP contribution in [0.5, 0.6) is 0 Å². The van der Waals surface area contributed by atoms with E-state index in [0.717, 1.165) is 29.7 Å². The number of benzene rings is 2. The lowest BCUT2D eigenvalue weighted by Crippen LogP contribution is -2.41. The lowest BCUT2D eigenvalue weighted by molar-refractivity contribution is -0.139. The van der Waals surface area contributed by atoms with E-state index in [-0.39, 0.29) is 11.8 Å². The highest BCUT2D eigenvalue weighted by atomic mass is 16.4. The van der Waals surface area contributed by atoms with Crippen molar-refractivity contribution in [2.24, 2.45) is 5.92 Å². The molecule has 0 saturated heterocycles. The minimum Gasteiger partial charge on any atom is -0.480 e. The molecule has 1 amide bonds. The number of aliphatic carboxylic acids is 1. The average Bonchev–Trinajstić information content (AvgIpc) is 3.11. The molecule has 3 aromatic rings. The largest absolute Gasteiger partial charge is 0.480 e. The topological polar surface area (TPSA) is 84.2 Å². The van der Waals surface area contributed by atoms with Crippen molar-refractivity contribution in [1.82, 2.24) is 14.9 Å². The molecule has 0 radical (unpaired) electrons. The summed E-state index contributed by atoms with van der Waals surface area (Å²) < 4.78 is 2.29. The lowest BCUT2D eigenvalue weighted by atomic mass is 10.0. The first-order valence-corrected chi connectivity index (χ1v) is 11.4. The molecule has 6 nitrogen and oxygen atoms in total. The van der Waals surface area contributed by atoms with Crippen LogP contribution in [0.1, 0.15) is 74.7 Å². The van der Waals surface area contributed by atoms with Crippen molar-refractivity contribution in [3.8, 4) is 0 Å². The van der Waals surface area contributed by atoms with Crippen LogP contribution in [0.4, 0.5) is 0 Å². The van der Waals surface area contributed by atoms with Gasteiger partial charge < -0.3 is 15.0 Å². The predicted octanol–water partition coefficient (Wildman–Crippen LogP) is 5.22. The van der Waals surface area contributed by atoms with Gasteiger partial charge in [-0.3, -0.25) is 4.79 Å². The highest BCUT2D eigenvalue weighted by Gasteiger charge is 2.23. The van der Waals surface area contributed by atoms with Crippen molar-refractivity contribution in [3.05, 3.63) is 65.5 Å². The Hall–Kier alpha value is -3.15. The quantitative estimate of drug-likeness (QED) is 0.457. The van der Waals surface area contributed by atoms with Gasteiger partial charge in [-0.1, -0.05) is 58.0 Å². The molecule has 1 unspecified atom stereocenters. The molecule has 1 aromatic heterocycles. The average molecular weight is 436 g/mol. The molecule has 170 valence electrons. The fourth-order valence-corrected chi connectivity index (χ4v) is 4.19. The molecular weight excluding hydrogens is 402 g/mol. The van der Waals surface area contributed by atoms with Crippen LogP contribution in [-0.2, 0) is 11.2 Å². The zero-order chi connectivity index (χ0) is 23.3. The highest BCUT2D eigenvalue weighted by molar-refractivity contribution is 5.99. The van der Waals surface area contributed by atoms with E-state index >= 15 is 0 Å². The molecule has 32 heavy (non-hydrogen) atoms. The summed E-state index contributed by atoms with van der Waals surface area (Å²) in [6.07, 6.45) is 3.07. The monoisotopic (exact) mass is 435 g/mol. The summed E-state index contributed by atoms with van der Waals surface area (Å²) in [6.45, 7) is 8.23. The van der Waals surface area contributed by atoms with Crippen molar-refractivity contribution in [1.29, 1.82) is 0 Å². The van der Waals surface area contributed by atoms with E-state index in [0.29, 0.717) is 24.4 Å². The number of nitrogens with zero attached hydrogens (tertiary/aromatic N) is 2. The first-order valence-electron chi connectivity index (χ1n) is 11.4. The summed E-state index contributed by atoms with van der Waals surface area (Å²) in [5, 5.41) is 12.1. The van der Waals surface area contributed by atoms with Gasteiger partial charge >= 0.3 is 5.97 Å². The fourth-order valence-electron chi connectivity index (χ4n) is 4.19. The SMILES string of the molecule is CCC(CC)n1c(Cc2ccccc2)nc2cc(C(=O)NC(CC(C)C)C(=O)O)ccc21. The van der Waals surface area contributed by atoms with Gasteiger partial charge in [0.15, 0.2) is 0 Å². The second-order valence-corrected chi connectivity index (χ2v) is 8.73. The number of hydrogen-bond acceptors (Lipinski definition) is 3.